The normalized spacial score (nSPS) is 21.1. The third kappa shape index (κ3) is 4.50. The van der Waals surface area contributed by atoms with Gasteiger partial charge in [0, 0.05) is 29.0 Å². The molecule has 2 heterocycles. The molecular weight excluding hydrogens is 446 g/mol. The summed E-state index contributed by atoms with van der Waals surface area (Å²) in [6, 6.07) is 21.6. The van der Waals surface area contributed by atoms with E-state index >= 15 is 0 Å². The predicted molar refractivity (Wildman–Crippen MR) is 129 cm³/mol. The Kier molecular flexibility index (Phi) is 5.78. The number of amides is 1. The van der Waals surface area contributed by atoms with E-state index in [1.54, 1.807) is 42.5 Å². The molecule has 5 nitrogen and oxygen atoms in total. The van der Waals surface area contributed by atoms with E-state index in [1.807, 2.05) is 30.3 Å². The topological polar surface area (TPSA) is 68.5 Å². The van der Waals surface area contributed by atoms with Crippen molar-refractivity contribution in [1.29, 1.82) is 5.26 Å². The van der Waals surface area contributed by atoms with E-state index in [-0.39, 0.29) is 11.5 Å². The van der Waals surface area contributed by atoms with Crippen molar-refractivity contribution in [3.8, 4) is 6.07 Å². The molecule has 0 radical (unpaired) electrons. The second kappa shape index (κ2) is 9.20. The van der Waals surface area contributed by atoms with Gasteiger partial charge in [0.25, 0.3) is 5.91 Å². The first-order valence-corrected chi connectivity index (χ1v) is 10.8. The number of hydrogen-bond donors (Lipinski definition) is 1. The fraction of sp³-hybridized carbons (Fsp3) is 0.0357. The summed E-state index contributed by atoms with van der Waals surface area (Å²) in [7, 11) is 0. The van der Waals surface area contributed by atoms with Gasteiger partial charge in [-0.15, -0.1) is 0 Å². The van der Waals surface area contributed by atoms with Crippen molar-refractivity contribution < 1.29 is 13.6 Å². The molecule has 5 rings (SSSR count). The zero-order chi connectivity index (χ0) is 24.4. The molecule has 1 atom stereocenters. The van der Waals surface area contributed by atoms with Crippen LogP contribution in [-0.2, 0) is 4.79 Å². The molecule has 1 unspecified atom stereocenters. The highest BCUT2D eigenvalue weighted by Crippen LogP contribution is 2.27. The van der Waals surface area contributed by atoms with Crippen LogP contribution >= 0.6 is 0 Å². The van der Waals surface area contributed by atoms with Gasteiger partial charge < -0.3 is 5.32 Å². The molecule has 2 aliphatic heterocycles. The van der Waals surface area contributed by atoms with E-state index in [9.17, 15) is 13.6 Å². The lowest BCUT2D eigenvalue weighted by atomic mass is 10.00. The van der Waals surface area contributed by atoms with Crippen molar-refractivity contribution in [2.24, 2.45) is 5.10 Å². The molecule has 0 bridgehead atoms. The van der Waals surface area contributed by atoms with Gasteiger partial charge in [0.1, 0.15) is 17.8 Å². The lowest BCUT2D eigenvalue weighted by Crippen LogP contribution is -2.48. The van der Waals surface area contributed by atoms with Crippen LogP contribution in [-0.4, -0.2) is 22.8 Å². The van der Waals surface area contributed by atoms with Crippen molar-refractivity contribution in [3.63, 3.8) is 0 Å². The van der Waals surface area contributed by atoms with Crippen LogP contribution in [0.4, 0.5) is 8.78 Å². The number of carbonyl (C=O) groups excluding carboxylic acids is 1. The van der Waals surface area contributed by atoms with E-state index in [0.717, 1.165) is 11.6 Å². The number of halogens is 2. The highest BCUT2D eigenvalue weighted by molar-refractivity contribution is 6.11. The van der Waals surface area contributed by atoms with Crippen molar-refractivity contribution >= 4 is 22.9 Å². The molecular formula is C28H18F2N4O. The van der Waals surface area contributed by atoms with Crippen LogP contribution in [0.2, 0.25) is 0 Å². The molecule has 170 valence electrons. The average Bonchev–Trinajstić information content (AvgIpc) is 2.86. The van der Waals surface area contributed by atoms with Gasteiger partial charge >= 0.3 is 0 Å². The summed E-state index contributed by atoms with van der Waals surface area (Å²) in [4.78, 5) is 13.2. The number of hydrogen-bond acceptors (Lipinski definition) is 4. The Hall–Kier alpha value is -4.83. The Morgan fingerprint density at radius 2 is 1.71 bits per heavy atom. The first-order chi connectivity index (χ1) is 17.0. The van der Waals surface area contributed by atoms with Crippen molar-refractivity contribution in [2.75, 3.05) is 0 Å². The minimum Gasteiger partial charge on any atom is -0.360 e. The van der Waals surface area contributed by atoms with Crippen molar-refractivity contribution in [2.45, 2.75) is 6.17 Å². The Morgan fingerprint density at radius 1 is 0.943 bits per heavy atom. The van der Waals surface area contributed by atoms with Crippen LogP contribution in [0.5, 0.6) is 0 Å². The van der Waals surface area contributed by atoms with Crippen LogP contribution in [0, 0.1) is 23.0 Å². The van der Waals surface area contributed by atoms with Gasteiger partial charge in [-0.2, -0.15) is 10.4 Å². The standard InChI is InChI=1S/C28H18F2N4O/c29-22-11-12-23(24(30)15-22)21-10-13-25(19-4-2-1-3-5-19)33-34-27(14-21)32-26(16-28(34)35)20-8-6-18(17-31)7-9-20/h1-16,27,32H/b13-10-,21-14+,33-25+. The van der Waals surface area contributed by atoms with Gasteiger partial charge in [0.15, 0.2) is 0 Å². The Labute approximate surface area is 200 Å². The minimum atomic E-state index is -0.749. The number of fused-ring (bicyclic) bond motifs is 1. The highest BCUT2D eigenvalue weighted by Gasteiger charge is 2.29. The number of nitrogens with zero attached hydrogens (tertiary/aromatic N) is 3. The summed E-state index contributed by atoms with van der Waals surface area (Å²) in [5.74, 6) is -1.75. The number of carbonyl (C=O) groups is 1. The van der Waals surface area contributed by atoms with Crippen molar-refractivity contribution in [3.05, 3.63) is 131 Å². The monoisotopic (exact) mass is 464 g/mol. The van der Waals surface area contributed by atoms with Crippen LogP contribution in [0.3, 0.4) is 0 Å². The van der Waals surface area contributed by atoms with Crippen LogP contribution in [0.25, 0.3) is 11.3 Å². The Bertz CT molecular complexity index is 1470. The number of rotatable bonds is 3. The van der Waals surface area contributed by atoms with Gasteiger partial charge in [-0.3, -0.25) is 4.79 Å². The van der Waals surface area contributed by atoms with E-state index in [2.05, 4.69) is 16.5 Å². The second-order valence-corrected chi connectivity index (χ2v) is 7.95. The number of nitrogens with one attached hydrogen (secondary N) is 1. The van der Waals surface area contributed by atoms with Gasteiger partial charge in [0.05, 0.1) is 17.3 Å². The lowest BCUT2D eigenvalue weighted by molar-refractivity contribution is -0.128. The third-order valence-corrected chi connectivity index (χ3v) is 5.67. The first-order valence-electron chi connectivity index (χ1n) is 10.8. The molecule has 7 heteroatoms. The summed E-state index contributed by atoms with van der Waals surface area (Å²) in [5, 5.41) is 18.2. The van der Waals surface area contributed by atoms with Gasteiger partial charge in [-0.1, -0.05) is 48.5 Å². The maximum Gasteiger partial charge on any atom is 0.271 e. The van der Waals surface area contributed by atoms with Gasteiger partial charge in [0.2, 0.25) is 0 Å². The van der Waals surface area contributed by atoms with E-state index < -0.39 is 17.8 Å². The molecule has 0 spiro atoms. The molecule has 0 saturated heterocycles. The predicted octanol–water partition coefficient (Wildman–Crippen LogP) is 4.99. The van der Waals surface area contributed by atoms with E-state index in [4.69, 9.17) is 5.26 Å². The van der Waals surface area contributed by atoms with E-state index in [1.165, 1.54) is 23.2 Å². The van der Waals surface area contributed by atoms with Crippen LogP contribution in [0.15, 0.2) is 102 Å². The molecule has 0 aliphatic carbocycles. The largest absolute Gasteiger partial charge is 0.360 e. The highest BCUT2D eigenvalue weighted by atomic mass is 19.1. The number of allylic oxidation sites excluding steroid dienone is 3. The lowest BCUT2D eigenvalue weighted by Gasteiger charge is -2.33. The Balaban J connectivity index is 1.62. The summed E-state index contributed by atoms with van der Waals surface area (Å²) in [6.07, 6.45) is 5.76. The quantitative estimate of drug-likeness (QED) is 0.594. The smallest absolute Gasteiger partial charge is 0.271 e. The van der Waals surface area contributed by atoms with Gasteiger partial charge in [-0.05, 0) is 47.6 Å². The molecule has 1 amide bonds. The van der Waals surface area contributed by atoms with Gasteiger partial charge in [-0.25, -0.2) is 13.8 Å². The summed E-state index contributed by atoms with van der Waals surface area (Å²) in [5.41, 5.74) is 3.69. The summed E-state index contributed by atoms with van der Waals surface area (Å²) in [6.45, 7) is 0. The number of benzene rings is 3. The molecule has 2 aliphatic rings. The molecule has 0 fully saturated rings. The molecule has 3 aromatic rings. The summed E-state index contributed by atoms with van der Waals surface area (Å²) < 4.78 is 28.3. The minimum absolute atomic E-state index is 0.195. The fourth-order valence-corrected chi connectivity index (χ4v) is 3.91. The zero-order valence-corrected chi connectivity index (χ0v) is 18.3. The van der Waals surface area contributed by atoms with E-state index in [0.29, 0.717) is 28.1 Å². The molecule has 0 aromatic heterocycles. The first kappa shape index (κ1) is 22.0. The third-order valence-electron chi connectivity index (χ3n) is 5.67. The summed E-state index contributed by atoms with van der Waals surface area (Å²) >= 11 is 0. The second-order valence-electron chi connectivity index (χ2n) is 7.95. The molecule has 1 N–H and O–H groups in total. The Morgan fingerprint density at radius 3 is 2.43 bits per heavy atom. The number of hydrazone groups is 1. The average molecular weight is 464 g/mol. The molecule has 0 saturated carbocycles. The zero-order valence-electron chi connectivity index (χ0n) is 18.3. The molecule has 3 aromatic carbocycles. The SMILES string of the molecule is N#Cc1ccc(C2=CC(=O)N3\N=C(c4ccccc4)/C=C\C(c4ccc(F)cc4F)=C/C3N2)cc1. The van der Waals surface area contributed by atoms with Crippen LogP contribution < -0.4 is 5.32 Å². The van der Waals surface area contributed by atoms with Crippen LogP contribution in [0.1, 0.15) is 22.3 Å². The number of nitriles is 1. The fourth-order valence-electron chi connectivity index (χ4n) is 3.91. The maximum atomic E-state index is 14.7. The molecule has 35 heavy (non-hydrogen) atoms. The maximum absolute atomic E-state index is 14.7. The van der Waals surface area contributed by atoms with Crippen molar-refractivity contribution in [1.82, 2.24) is 10.3 Å².